The molecule has 0 saturated carbocycles. The van der Waals surface area contributed by atoms with Crippen molar-refractivity contribution in [3.05, 3.63) is 107 Å². The maximum atomic E-state index is 4.87. The van der Waals surface area contributed by atoms with Crippen molar-refractivity contribution < 1.29 is 0 Å². The second-order valence-electron chi connectivity index (χ2n) is 14.6. The lowest BCUT2D eigenvalue weighted by Gasteiger charge is -2.27. The molecule has 0 aliphatic heterocycles. The van der Waals surface area contributed by atoms with Crippen molar-refractivity contribution in [2.45, 2.75) is 110 Å². The number of benzene rings is 4. The summed E-state index contributed by atoms with van der Waals surface area (Å²) in [6.45, 7) is 14.1. The minimum Gasteiger partial charge on any atom is -0.150 e. The lowest BCUT2D eigenvalue weighted by molar-refractivity contribution is 0.449. The van der Waals surface area contributed by atoms with Gasteiger partial charge in [0, 0.05) is 0 Å². The Labute approximate surface area is 280 Å². The lowest BCUT2D eigenvalue weighted by Crippen LogP contribution is -2.19. The molecule has 2 heterocycles. The third kappa shape index (κ3) is 7.48. The number of rotatable bonds is 14. The zero-order valence-corrected chi connectivity index (χ0v) is 29.1. The molecule has 47 heavy (non-hydrogen) atoms. The fourth-order valence-corrected chi connectivity index (χ4v) is 6.67. The van der Waals surface area contributed by atoms with Gasteiger partial charge >= 0.3 is 0 Å². The average molecular weight is 627 g/mol. The van der Waals surface area contributed by atoms with Gasteiger partial charge in [0.1, 0.15) is 22.1 Å². The average Bonchev–Trinajstić information content (AvgIpc) is 3.70. The summed E-state index contributed by atoms with van der Waals surface area (Å²) >= 11 is 0. The largest absolute Gasteiger partial charge is 0.150 e. The highest BCUT2D eigenvalue weighted by atomic mass is 15.5. The Morgan fingerprint density at radius 3 is 1.19 bits per heavy atom. The van der Waals surface area contributed by atoms with Crippen LogP contribution >= 0.6 is 0 Å². The molecule has 0 radical (unpaired) electrons. The predicted octanol–water partition coefficient (Wildman–Crippen LogP) is 10.5. The summed E-state index contributed by atoms with van der Waals surface area (Å²) in [5.41, 5.74) is 10.9. The van der Waals surface area contributed by atoms with Gasteiger partial charge < -0.3 is 0 Å². The fourth-order valence-electron chi connectivity index (χ4n) is 6.67. The third-order valence-electron chi connectivity index (χ3n) is 9.77. The van der Waals surface area contributed by atoms with E-state index in [1.165, 1.54) is 60.8 Å². The topological polar surface area (TPSA) is 61.4 Å². The molecule has 0 atom stereocenters. The summed E-state index contributed by atoms with van der Waals surface area (Å²) in [5.74, 6) is 0. The molecule has 6 aromatic rings. The molecule has 6 heteroatoms. The van der Waals surface area contributed by atoms with Gasteiger partial charge in [-0.2, -0.15) is 9.59 Å². The Bertz CT molecular complexity index is 1750. The number of hydrogen-bond donors (Lipinski definition) is 0. The summed E-state index contributed by atoms with van der Waals surface area (Å²) in [5, 5.41) is 19.5. The van der Waals surface area contributed by atoms with E-state index in [9.17, 15) is 0 Å². The highest BCUT2D eigenvalue weighted by molar-refractivity contribution is 5.74. The monoisotopic (exact) mass is 626 g/mol. The third-order valence-corrected chi connectivity index (χ3v) is 9.77. The molecule has 0 aliphatic carbocycles. The first-order valence-electron chi connectivity index (χ1n) is 17.6. The van der Waals surface area contributed by atoms with Crippen LogP contribution in [0.15, 0.2) is 84.9 Å². The van der Waals surface area contributed by atoms with E-state index in [-0.39, 0.29) is 10.8 Å². The molecule has 0 fully saturated rings. The van der Waals surface area contributed by atoms with Crippen molar-refractivity contribution in [1.29, 1.82) is 0 Å². The minimum absolute atomic E-state index is 0.0276. The highest BCUT2D eigenvalue weighted by Gasteiger charge is 2.24. The maximum absolute atomic E-state index is 4.87. The van der Waals surface area contributed by atoms with Crippen LogP contribution in [0.4, 0.5) is 0 Å². The van der Waals surface area contributed by atoms with Crippen molar-refractivity contribution >= 4 is 22.1 Å². The van der Waals surface area contributed by atoms with E-state index in [2.05, 4.69) is 77.9 Å². The number of hydrogen-bond acceptors (Lipinski definition) is 4. The molecule has 0 N–H and O–H groups in total. The predicted molar refractivity (Wildman–Crippen MR) is 195 cm³/mol. The van der Waals surface area contributed by atoms with Gasteiger partial charge in [-0.05, 0) is 101 Å². The van der Waals surface area contributed by atoms with E-state index in [1.807, 2.05) is 58.1 Å². The van der Waals surface area contributed by atoms with Gasteiger partial charge in [-0.1, -0.05) is 116 Å². The van der Waals surface area contributed by atoms with Gasteiger partial charge in [0.15, 0.2) is 0 Å². The Hall–Kier alpha value is -4.32. The Morgan fingerprint density at radius 2 is 0.851 bits per heavy atom. The quantitative estimate of drug-likeness (QED) is 0.113. The smallest absolute Gasteiger partial charge is 0.113 e. The van der Waals surface area contributed by atoms with Crippen LogP contribution in [0.25, 0.3) is 33.4 Å². The zero-order valence-electron chi connectivity index (χ0n) is 29.1. The van der Waals surface area contributed by atoms with Gasteiger partial charge in [-0.15, -0.1) is 20.4 Å². The number of aromatic nitrogens is 6. The van der Waals surface area contributed by atoms with E-state index in [4.69, 9.17) is 20.4 Å². The number of nitrogens with zero attached hydrogens (tertiary/aromatic N) is 6. The van der Waals surface area contributed by atoms with Crippen LogP contribution < -0.4 is 0 Å². The summed E-state index contributed by atoms with van der Waals surface area (Å²) in [6, 6.07) is 30.2. The van der Waals surface area contributed by atoms with E-state index >= 15 is 0 Å². The van der Waals surface area contributed by atoms with Crippen molar-refractivity contribution in [2.75, 3.05) is 0 Å². The first-order chi connectivity index (χ1) is 22.6. The zero-order chi connectivity index (χ0) is 33.0. The summed E-state index contributed by atoms with van der Waals surface area (Å²) in [6.07, 6.45) is 10.5. The van der Waals surface area contributed by atoms with Crippen molar-refractivity contribution in [3.8, 4) is 11.4 Å². The van der Waals surface area contributed by atoms with Gasteiger partial charge in [0.25, 0.3) is 0 Å². The van der Waals surface area contributed by atoms with Gasteiger partial charge in [-0.3, -0.25) is 0 Å². The lowest BCUT2D eigenvalue weighted by atomic mass is 9.78. The van der Waals surface area contributed by atoms with Crippen LogP contribution in [0.5, 0.6) is 0 Å². The molecule has 0 aliphatic rings. The maximum Gasteiger partial charge on any atom is 0.113 e. The molecule has 4 aromatic carbocycles. The Kier molecular flexibility index (Phi) is 9.58. The Morgan fingerprint density at radius 1 is 0.489 bits per heavy atom. The number of unbranched alkanes of at least 4 members (excludes halogenated alkanes) is 4. The molecule has 0 saturated heterocycles. The van der Waals surface area contributed by atoms with Crippen LogP contribution in [0.2, 0.25) is 0 Å². The van der Waals surface area contributed by atoms with Crippen LogP contribution in [-0.2, 0) is 17.3 Å². The molecular weight excluding hydrogens is 576 g/mol. The van der Waals surface area contributed by atoms with Crippen LogP contribution in [-0.4, -0.2) is 30.0 Å². The molecule has 0 unspecified atom stereocenters. The molecular formula is C41H50N6. The van der Waals surface area contributed by atoms with E-state index in [0.29, 0.717) is 0 Å². The molecule has 6 nitrogen and oxygen atoms in total. The molecule has 0 amide bonds. The van der Waals surface area contributed by atoms with Crippen LogP contribution in [0.1, 0.15) is 115 Å². The normalized spacial score (nSPS) is 12.4. The van der Waals surface area contributed by atoms with Crippen molar-refractivity contribution in [2.24, 2.45) is 0 Å². The molecule has 244 valence electrons. The first kappa shape index (κ1) is 32.6. The van der Waals surface area contributed by atoms with E-state index in [0.717, 1.165) is 52.7 Å². The van der Waals surface area contributed by atoms with Gasteiger partial charge in [0.05, 0.1) is 11.4 Å². The van der Waals surface area contributed by atoms with Crippen molar-refractivity contribution in [1.82, 2.24) is 30.0 Å². The van der Waals surface area contributed by atoms with Crippen molar-refractivity contribution in [3.63, 3.8) is 0 Å². The fraction of sp³-hybridized carbons (Fsp3) is 0.415. The molecule has 0 bridgehead atoms. The highest BCUT2D eigenvalue weighted by Crippen LogP contribution is 2.35. The van der Waals surface area contributed by atoms with E-state index in [1.54, 1.807) is 0 Å². The standard InChI is InChI=1S/C41H50N6/c1-7-9-15-21-40(3,4)32-24-30(26-34(28-32)46-42-36-17-11-12-18-37(36)43-46)23-31-25-33(41(5,6)22-16-10-8-2)29-35(27-31)47-44-38-19-13-14-20-39(38)45-47/h11-14,17-20,24-29H,7-10,15-16,21-23H2,1-6H3. The second kappa shape index (κ2) is 13.8. The molecule has 2 aromatic heterocycles. The second-order valence-corrected chi connectivity index (χ2v) is 14.6. The van der Waals surface area contributed by atoms with Gasteiger partial charge in [-0.25, -0.2) is 0 Å². The van der Waals surface area contributed by atoms with E-state index < -0.39 is 0 Å². The summed E-state index contributed by atoms with van der Waals surface area (Å²) in [7, 11) is 0. The van der Waals surface area contributed by atoms with Gasteiger partial charge in [0.2, 0.25) is 0 Å². The first-order valence-corrected chi connectivity index (χ1v) is 17.6. The summed E-state index contributed by atoms with van der Waals surface area (Å²) < 4.78 is 0. The minimum atomic E-state index is 0.0276. The Balaban J connectivity index is 1.44. The molecule has 0 spiro atoms. The summed E-state index contributed by atoms with van der Waals surface area (Å²) in [4.78, 5) is 3.63. The SMILES string of the molecule is CCCCCC(C)(C)c1cc(Cc2cc(-n3nc4ccccc4n3)cc(C(C)(C)CCCCC)c2)cc(-n2nc3ccccc3n2)c1. The number of fused-ring (bicyclic) bond motifs is 2. The molecule has 6 rings (SSSR count). The van der Waals surface area contributed by atoms with Crippen LogP contribution in [0.3, 0.4) is 0 Å². The van der Waals surface area contributed by atoms with Crippen LogP contribution in [0, 0.1) is 0 Å².